The first-order valence-electron chi connectivity index (χ1n) is 9.08. The molecule has 138 valence electrons. The van der Waals surface area contributed by atoms with Crippen molar-refractivity contribution in [3.05, 3.63) is 84.2 Å². The summed E-state index contributed by atoms with van der Waals surface area (Å²) in [5.41, 5.74) is 3.79. The van der Waals surface area contributed by atoms with E-state index in [4.69, 9.17) is 0 Å². The summed E-state index contributed by atoms with van der Waals surface area (Å²) in [6.07, 6.45) is 2.61. The third kappa shape index (κ3) is 3.66. The maximum Gasteiger partial charge on any atom is 0.276 e. The number of aryl methyl sites for hydroxylation is 1. The van der Waals surface area contributed by atoms with Crippen LogP contribution in [-0.4, -0.2) is 21.1 Å². The monoisotopic (exact) mass is 369 g/mol. The highest BCUT2D eigenvalue weighted by Crippen LogP contribution is 2.22. The summed E-state index contributed by atoms with van der Waals surface area (Å²) in [6.45, 7) is 2.10. The highest BCUT2D eigenvalue weighted by Gasteiger charge is 2.11. The second kappa shape index (κ2) is 7.84. The molecular formula is C22H19N5O. The third-order valence-electron chi connectivity index (χ3n) is 4.44. The number of anilines is 3. The van der Waals surface area contributed by atoms with E-state index in [9.17, 15) is 4.79 Å². The molecule has 0 saturated carbocycles. The van der Waals surface area contributed by atoms with Crippen LogP contribution in [0, 0.1) is 0 Å². The summed E-state index contributed by atoms with van der Waals surface area (Å²) in [5.74, 6) is 0.260. The molecule has 0 fully saturated rings. The topological polar surface area (TPSA) is 79.8 Å². The predicted octanol–water partition coefficient (Wildman–Crippen LogP) is 4.58. The molecule has 0 aliphatic rings. The number of para-hydroxylation sites is 2. The maximum absolute atomic E-state index is 12.6. The fraction of sp³-hybridized carbons (Fsp3) is 0.0909. The number of hydrogen-bond acceptors (Lipinski definition) is 5. The van der Waals surface area contributed by atoms with Crippen LogP contribution in [0.5, 0.6) is 0 Å². The lowest BCUT2D eigenvalue weighted by atomic mass is 10.1. The molecule has 0 aliphatic heterocycles. The van der Waals surface area contributed by atoms with E-state index < -0.39 is 0 Å². The van der Waals surface area contributed by atoms with Crippen molar-refractivity contribution in [1.82, 2.24) is 15.2 Å². The second-order valence-corrected chi connectivity index (χ2v) is 6.27. The molecule has 0 unspecified atom stereocenters. The maximum atomic E-state index is 12.6. The van der Waals surface area contributed by atoms with E-state index in [1.54, 1.807) is 18.3 Å². The lowest BCUT2D eigenvalue weighted by Gasteiger charge is -2.10. The van der Waals surface area contributed by atoms with Gasteiger partial charge in [0.05, 0.1) is 11.2 Å². The number of rotatable bonds is 5. The summed E-state index contributed by atoms with van der Waals surface area (Å²) in [6, 6.07) is 20.9. The average molecular weight is 369 g/mol. The van der Waals surface area contributed by atoms with E-state index in [1.807, 2.05) is 48.5 Å². The van der Waals surface area contributed by atoms with E-state index in [2.05, 4.69) is 38.8 Å². The van der Waals surface area contributed by atoms with Gasteiger partial charge in [-0.05, 0) is 42.3 Å². The molecule has 1 amide bonds. The average Bonchev–Trinajstić information content (AvgIpc) is 2.75. The minimum Gasteiger partial charge on any atom is -0.339 e. The molecule has 4 aromatic rings. The van der Waals surface area contributed by atoms with Crippen molar-refractivity contribution in [2.75, 3.05) is 10.6 Å². The van der Waals surface area contributed by atoms with Gasteiger partial charge in [-0.2, -0.15) is 0 Å². The number of benzene rings is 2. The molecule has 0 aliphatic carbocycles. The fourth-order valence-corrected chi connectivity index (χ4v) is 3.00. The second-order valence-electron chi connectivity index (χ2n) is 6.27. The fourth-order valence-electron chi connectivity index (χ4n) is 3.00. The smallest absolute Gasteiger partial charge is 0.276 e. The van der Waals surface area contributed by atoms with Gasteiger partial charge in [-0.25, -0.2) is 0 Å². The standard InChI is InChI=1S/C22H19N5O/c1-2-15-7-3-4-10-17(15)24-20-13-12-19(26-27-20)22(28)25-18-11-5-8-16-9-6-14-23-21(16)18/h3-14H,2H2,1H3,(H,24,27)(H,25,28). The van der Waals surface area contributed by atoms with Crippen LogP contribution < -0.4 is 10.6 Å². The number of nitrogens with one attached hydrogen (secondary N) is 2. The highest BCUT2D eigenvalue weighted by molar-refractivity contribution is 6.07. The van der Waals surface area contributed by atoms with Gasteiger partial charge in [0.2, 0.25) is 0 Å². The number of hydrogen-bond donors (Lipinski definition) is 2. The third-order valence-corrected chi connectivity index (χ3v) is 4.44. The zero-order chi connectivity index (χ0) is 19.3. The molecule has 28 heavy (non-hydrogen) atoms. The summed E-state index contributed by atoms with van der Waals surface area (Å²) in [7, 11) is 0. The SMILES string of the molecule is CCc1ccccc1Nc1ccc(C(=O)Nc2cccc3cccnc23)nn1. The molecule has 0 spiro atoms. The zero-order valence-electron chi connectivity index (χ0n) is 15.4. The molecule has 0 bridgehead atoms. The number of pyridine rings is 1. The summed E-state index contributed by atoms with van der Waals surface area (Å²) in [4.78, 5) is 16.9. The van der Waals surface area contributed by atoms with E-state index in [-0.39, 0.29) is 11.6 Å². The van der Waals surface area contributed by atoms with Crippen LogP contribution in [0.4, 0.5) is 17.2 Å². The van der Waals surface area contributed by atoms with Gasteiger partial charge in [0.1, 0.15) is 0 Å². The van der Waals surface area contributed by atoms with Crippen LogP contribution in [0.15, 0.2) is 72.9 Å². The molecule has 6 nitrogen and oxygen atoms in total. The van der Waals surface area contributed by atoms with Crippen molar-refractivity contribution in [2.45, 2.75) is 13.3 Å². The number of fused-ring (bicyclic) bond motifs is 1. The van der Waals surface area contributed by atoms with Gasteiger partial charge in [0.15, 0.2) is 11.5 Å². The van der Waals surface area contributed by atoms with Crippen molar-refractivity contribution < 1.29 is 4.79 Å². The molecule has 6 heteroatoms. The first-order chi connectivity index (χ1) is 13.7. The number of aromatic nitrogens is 3. The normalized spacial score (nSPS) is 10.6. The molecular weight excluding hydrogens is 350 g/mol. The van der Waals surface area contributed by atoms with E-state index >= 15 is 0 Å². The number of amides is 1. The van der Waals surface area contributed by atoms with Crippen molar-refractivity contribution in [3.63, 3.8) is 0 Å². The molecule has 0 saturated heterocycles. The molecule has 0 atom stereocenters. The quantitative estimate of drug-likeness (QED) is 0.538. The van der Waals surface area contributed by atoms with Crippen LogP contribution in [0.3, 0.4) is 0 Å². The Balaban J connectivity index is 1.51. The Hall–Kier alpha value is -3.80. The van der Waals surface area contributed by atoms with E-state index in [0.717, 1.165) is 23.0 Å². The van der Waals surface area contributed by atoms with Crippen molar-refractivity contribution in [1.29, 1.82) is 0 Å². The number of nitrogens with zero attached hydrogens (tertiary/aromatic N) is 3. The van der Waals surface area contributed by atoms with Gasteiger partial charge >= 0.3 is 0 Å². The summed E-state index contributed by atoms with van der Waals surface area (Å²) >= 11 is 0. The van der Waals surface area contributed by atoms with Gasteiger partial charge in [0, 0.05) is 17.3 Å². The Labute approximate surface area is 162 Å². The summed E-state index contributed by atoms with van der Waals surface area (Å²) < 4.78 is 0. The van der Waals surface area contributed by atoms with Gasteiger partial charge in [-0.3, -0.25) is 9.78 Å². The van der Waals surface area contributed by atoms with Gasteiger partial charge in [-0.1, -0.05) is 43.3 Å². The molecule has 2 N–H and O–H groups in total. The van der Waals surface area contributed by atoms with Gasteiger partial charge in [0.25, 0.3) is 5.91 Å². The van der Waals surface area contributed by atoms with Crippen molar-refractivity contribution >= 4 is 34.0 Å². The first kappa shape index (κ1) is 17.6. The van der Waals surface area contributed by atoms with Crippen molar-refractivity contribution in [2.24, 2.45) is 0 Å². The zero-order valence-corrected chi connectivity index (χ0v) is 15.4. The highest BCUT2D eigenvalue weighted by atomic mass is 16.1. The van der Waals surface area contributed by atoms with Crippen LogP contribution in [0.1, 0.15) is 23.0 Å². The Morgan fingerprint density at radius 2 is 1.71 bits per heavy atom. The van der Waals surface area contributed by atoms with Crippen LogP contribution in [0.2, 0.25) is 0 Å². The lowest BCUT2D eigenvalue weighted by Crippen LogP contribution is -2.15. The Morgan fingerprint density at radius 3 is 2.54 bits per heavy atom. The minimum atomic E-state index is -0.328. The lowest BCUT2D eigenvalue weighted by molar-refractivity contribution is 0.102. The Bertz CT molecular complexity index is 1120. The molecule has 0 radical (unpaired) electrons. The first-order valence-corrected chi connectivity index (χ1v) is 9.08. The largest absolute Gasteiger partial charge is 0.339 e. The molecule has 4 rings (SSSR count). The molecule has 2 aromatic carbocycles. The van der Waals surface area contributed by atoms with Crippen LogP contribution >= 0.6 is 0 Å². The van der Waals surface area contributed by atoms with Gasteiger partial charge in [-0.15, -0.1) is 10.2 Å². The Kier molecular flexibility index (Phi) is 4.93. The molecule has 2 aromatic heterocycles. The van der Waals surface area contributed by atoms with Gasteiger partial charge < -0.3 is 10.6 Å². The number of carbonyl (C=O) groups excluding carboxylic acids is 1. The summed E-state index contributed by atoms with van der Waals surface area (Å²) in [5, 5.41) is 15.3. The minimum absolute atomic E-state index is 0.238. The van der Waals surface area contributed by atoms with Crippen molar-refractivity contribution in [3.8, 4) is 0 Å². The Morgan fingerprint density at radius 1 is 0.893 bits per heavy atom. The van der Waals surface area contributed by atoms with E-state index in [0.29, 0.717) is 11.5 Å². The van der Waals surface area contributed by atoms with Crippen LogP contribution in [0.25, 0.3) is 10.9 Å². The number of carbonyl (C=O) groups is 1. The van der Waals surface area contributed by atoms with E-state index in [1.165, 1.54) is 5.56 Å². The molecule has 2 heterocycles. The van der Waals surface area contributed by atoms with Crippen LogP contribution in [-0.2, 0) is 6.42 Å². The predicted molar refractivity (Wildman–Crippen MR) is 111 cm³/mol.